The molecule has 2 fully saturated rings. The summed E-state index contributed by atoms with van der Waals surface area (Å²) in [6.45, 7) is 4.67. The van der Waals surface area contributed by atoms with Crippen molar-refractivity contribution < 1.29 is 19.1 Å². The van der Waals surface area contributed by atoms with Crippen molar-refractivity contribution in [1.82, 2.24) is 9.80 Å². The zero-order valence-corrected chi connectivity index (χ0v) is 16.6. The van der Waals surface area contributed by atoms with Crippen molar-refractivity contribution in [3.63, 3.8) is 0 Å². The smallest absolute Gasteiger partial charge is 0.260 e. The number of likely N-dealkylation sites (tertiary alicyclic amines) is 2. The molecule has 0 aromatic heterocycles. The number of nitrogens with two attached hydrogens (primary N) is 1. The van der Waals surface area contributed by atoms with Gasteiger partial charge in [0.25, 0.3) is 11.8 Å². The lowest BCUT2D eigenvalue weighted by Gasteiger charge is -2.38. The molecule has 0 aliphatic carbocycles. The van der Waals surface area contributed by atoms with E-state index < -0.39 is 11.9 Å². The van der Waals surface area contributed by atoms with Crippen LogP contribution >= 0.6 is 0 Å². The van der Waals surface area contributed by atoms with Crippen LogP contribution in [-0.2, 0) is 9.59 Å². The Balaban J connectivity index is 1.58. The fourth-order valence-electron chi connectivity index (χ4n) is 4.30. The van der Waals surface area contributed by atoms with Crippen LogP contribution in [0.25, 0.3) is 0 Å². The molecule has 2 heterocycles. The van der Waals surface area contributed by atoms with Gasteiger partial charge in [-0.2, -0.15) is 0 Å². The summed E-state index contributed by atoms with van der Waals surface area (Å²) in [4.78, 5) is 40.1. The minimum atomic E-state index is -0.533. The van der Waals surface area contributed by atoms with E-state index >= 15 is 0 Å². The van der Waals surface area contributed by atoms with Crippen molar-refractivity contribution in [2.45, 2.75) is 64.1 Å². The molecule has 3 rings (SSSR count). The third-order valence-corrected chi connectivity index (χ3v) is 5.79. The molecule has 0 bridgehead atoms. The summed E-state index contributed by atoms with van der Waals surface area (Å²) in [6, 6.07) is 6.61. The number of hydrogen-bond acceptors (Lipinski definition) is 4. The van der Waals surface area contributed by atoms with Crippen LogP contribution in [0.15, 0.2) is 24.3 Å². The zero-order chi connectivity index (χ0) is 20.3. The summed E-state index contributed by atoms with van der Waals surface area (Å²) in [7, 11) is 0. The molecule has 2 N–H and O–H groups in total. The molecule has 3 unspecified atom stereocenters. The van der Waals surface area contributed by atoms with E-state index in [0.717, 1.165) is 25.7 Å². The number of ether oxygens (including phenoxy) is 1. The van der Waals surface area contributed by atoms with Gasteiger partial charge in [0.2, 0.25) is 5.91 Å². The Hall–Kier alpha value is -2.57. The van der Waals surface area contributed by atoms with Crippen molar-refractivity contribution in [3.8, 4) is 5.75 Å². The van der Waals surface area contributed by atoms with Crippen LogP contribution in [-0.4, -0.2) is 58.8 Å². The number of primary amides is 1. The van der Waals surface area contributed by atoms with Crippen molar-refractivity contribution in [3.05, 3.63) is 29.8 Å². The molecule has 7 heteroatoms. The fourth-order valence-corrected chi connectivity index (χ4v) is 4.30. The molecule has 3 amide bonds. The molecule has 28 heavy (non-hydrogen) atoms. The van der Waals surface area contributed by atoms with Gasteiger partial charge in [0.15, 0.2) is 6.61 Å². The number of carbonyl (C=O) groups excluding carboxylic acids is 3. The van der Waals surface area contributed by atoms with Crippen molar-refractivity contribution in [2.75, 3.05) is 13.2 Å². The SMILES string of the molecule is CC1CCCC(C)N1C(=O)COc1ccc(C(=O)N2CCCC2C(N)=O)cc1. The van der Waals surface area contributed by atoms with Crippen LogP contribution < -0.4 is 10.5 Å². The maximum absolute atomic E-state index is 12.6. The molecule has 1 aromatic rings. The van der Waals surface area contributed by atoms with Gasteiger partial charge in [-0.1, -0.05) is 0 Å². The highest BCUT2D eigenvalue weighted by Crippen LogP contribution is 2.24. The van der Waals surface area contributed by atoms with E-state index in [9.17, 15) is 14.4 Å². The topological polar surface area (TPSA) is 92.9 Å². The monoisotopic (exact) mass is 387 g/mol. The van der Waals surface area contributed by atoms with Crippen LogP contribution in [0.5, 0.6) is 5.75 Å². The van der Waals surface area contributed by atoms with Crippen LogP contribution in [0.2, 0.25) is 0 Å². The average molecular weight is 387 g/mol. The lowest BCUT2D eigenvalue weighted by Crippen LogP contribution is -2.49. The van der Waals surface area contributed by atoms with Gasteiger partial charge >= 0.3 is 0 Å². The first-order chi connectivity index (χ1) is 13.4. The minimum Gasteiger partial charge on any atom is -0.484 e. The summed E-state index contributed by atoms with van der Waals surface area (Å²) in [6.07, 6.45) is 4.58. The Morgan fingerprint density at radius 3 is 2.29 bits per heavy atom. The predicted molar refractivity (Wildman–Crippen MR) is 105 cm³/mol. The van der Waals surface area contributed by atoms with Gasteiger partial charge in [-0.15, -0.1) is 0 Å². The number of piperidine rings is 1. The van der Waals surface area contributed by atoms with Crippen LogP contribution in [0.4, 0.5) is 0 Å². The molecule has 7 nitrogen and oxygen atoms in total. The largest absolute Gasteiger partial charge is 0.484 e. The molecule has 0 radical (unpaired) electrons. The quantitative estimate of drug-likeness (QED) is 0.836. The van der Waals surface area contributed by atoms with E-state index in [4.69, 9.17) is 10.5 Å². The van der Waals surface area contributed by atoms with Gasteiger partial charge in [-0.25, -0.2) is 0 Å². The maximum Gasteiger partial charge on any atom is 0.260 e. The Bertz CT molecular complexity index is 724. The molecule has 0 spiro atoms. The predicted octanol–water partition coefficient (Wildman–Crippen LogP) is 1.94. The molecule has 3 atom stereocenters. The fraction of sp³-hybridized carbons (Fsp3) is 0.571. The number of amides is 3. The van der Waals surface area contributed by atoms with Gasteiger partial charge in [0.1, 0.15) is 11.8 Å². The molecular weight excluding hydrogens is 358 g/mol. The first kappa shape index (κ1) is 20.2. The average Bonchev–Trinajstić information content (AvgIpc) is 3.16. The summed E-state index contributed by atoms with van der Waals surface area (Å²) < 4.78 is 5.65. The second-order valence-electron chi connectivity index (χ2n) is 7.80. The number of benzene rings is 1. The highest BCUT2D eigenvalue weighted by Gasteiger charge is 2.33. The zero-order valence-electron chi connectivity index (χ0n) is 16.6. The standard InChI is InChI=1S/C21H29N3O4/c1-14-5-3-6-15(2)24(14)19(25)13-28-17-10-8-16(9-11-17)21(27)23-12-4-7-18(23)20(22)26/h8-11,14-15,18H,3-7,12-13H2,1-2H3,(H2,22,26). The third kappa shape index (κ3) is 4.29. The Labute approximate surface area is 165 Å². The molecule has 152 valence electrons. The number of rotatable bonds is 5. The minimum absolute atomic E-state index is 0.0128. The van der Waals surface area contributed by atoms with Gasteiger partial charge in [-0.3, -0.25) is 14.4 Å². The van der Waals surface area contributed by atoms with E-state index in [1.807, 2.05) is 4.90 Å². The third-order valence-electron chi connectivity index (χ3n) is 5.79. The highest BCUT2D eigenvalue weighted by atomic mass is 16.5. The first-order valence-corrected chi connectivity index (χ1v) is 10.0. The summed E-state index contributed by atoms with van der Waals surface area (Å²) in [5.74, 6) is -0.151. The van der Waals surface area contributed by atoms with Crippen molar-refractivity contribution >= 4 is 17.7 Å². The normalized spacial score (nSPS) is 24.9. The lowest BCUT2D eigenvalue weighted by atomic mass is 9.97. The van der Waals surface area contributed by atoms with E-state index in [1.54, 1.807) is 24.3 Å². The lowest BCUT2D eigenvalue weighted by molar-refractivity contribution is -0.139. The second kappa shape index (κ2) is 8.63. The molecule has 2 saturated heterocycles. The Kier molecular flexibility index (Phi) is 6.21. The Morgan fingerprint density at radius 2 is 1.68 bits per heavy atom. The molecule has 2 aliphatic rings. The van der Waals surface area contributed by atoms with E-state index in [-0.39, 0.29) is 30.5 Å². The second-order valence-corrected chi connectivity index (χ2v) is 7.80. The molecular formula is C21H29N3O4. The first-order valence-electron chi connectivity index (χ1n) is 10.0. The number of hydrogen-bond donors (Lipinski definition) is 1. The van der Waals surface area contributed by atoms with Crippen LogP contribution in [0, 0.1) is 0 Å². The highest BCUT2D eigenvalue weighted by molar-refractivity contribution is 5.97. The van der Waals surface area contributed by atoms with Crippen molar-refractivity contribution in [1.29, 1.82) is 0 Å². The van der Waals surface area contributed by atoms with Crippen molar-refractivity contribution in [2.24, 2.45) is 5.73 Å². The molecule has 1 aromatic carbocycles. The van der Waals surface area contributed by atoms with Gasteiger partial charge in [0, 0.05) is 24.2 Å². The molecule has 2 aliphatic heterocycles. The van der Waals surface area contributed by atoms with E-state index in [0.29, 0.717) is 24.3 Å². The maximum atomic E-state index is 12.6. The number of nitrogens with zero attached hydrogens (tertiary/aromatic N) is 2. The molecule has 0 saturated carbocycles. The van der Waals surface area contributed by atoms with Crippen LogP contribution in [0.3, 0.4) is 0 Å². The number of carbonyl (C=O) groups is 3. The summed E-state index contributed by atoms with van der Waals surface area (Å²) in [5, 5.41) is 0. The van der Waals surface area contributed by atoms with Gasteiger partial charge in [0.05, 0.1) is 0 Å². The van der Waals surface area contributed by atoms with E-state index in [1.165, 1.54) is 4.90 Å². The van der Waals surface area contributed by atoms with E-state index in [2.05, 4.69) is 13.8 Å². The summed E-state index contributed by atoms with van der Waals surface area (Å²) >= 11 is 0. The van der Waals surface area contributed by atoms with Gasteiger partial charge < -0.3 is 20.3 Å². The van der Waals surface area contributed by atoms with Gasteiger partial charge in [-0.05, 0) is 70.2 Å². The summed E-state index contributed by atoms with van der Waals surface area (Å²) in [5.41, 5.74) is 5.87. The van der Waals surface area contributed by atoms with Crippen LogP contribution in [0.1, 0.15) is 56.3 Å². The Morgan fingerprint density at radius 1 is 1.04 bits per heavy atom.